The third-order valence-electron chi connectivity index (χ3n) is 11.1. The number of alkyl halides is 1. The molecular weight excluding hydrogens is 628 g/mol. The van der Waals surface area contributed by atoms with Crippen LogP contribution in [-0.4, -0.2) is 100 Å². The molecule has 2 atom stereocenters. The number of benzene rings is 1. The molecular formula is C34H38ClF2N7O3. The van der Waals surface area contributed by atoms with Gasteiger partial charge in [-0.3, -0.25) is 15.0 Å². The van der Waals surface area contributed by atoms with Gasteiger partial charge in [0, 0.05) is 60.2 Å². The number of hydrogen-bond acceptors (Lipinski definition) is 9. The van der Waals surface area contributed by atoms with Crippen molar-refractivity contribution in [3.05, 3.63) is 34.9 Å². The highest BCUT2D eigenvalue weighted by molar-refractivity contribution is 6.33. The lowest BCUT2D eigenvalue weighted by Crippen LogP contribution is -2.51. The Balaban J connectivity index is 1.21. The van der Waals surface area contributed by atoms with Crippen LogP contribution in [-0.2, 0) is 15.9 Å². The van der Waals surface area contributed by atoms with Crippen LogP contribution in [0.5, 0.6) is 6.01 Å². The smallest absolute Gasteiger partial charge is 0.319 e. The van der Waals surface area contributed by atoms with Crippen LogP contribution in [0.3, 0.4) is 0 Å². The zero-order valence-corrected chi connectivity index (χ0v) is 27.0. The Morgan fingerprint density at radius 3 is 2.91 bits per heavy atom. The summed E-state index contributed by atoms with van der Waals surface area (Å²) in [7, 11) is 0. The van der Waals surface area contributed by atoms with Gasteiger partial charge in [0.25, 0.3) is 0 Å². The molecule has 1 spiro atoms. The summed E-state index contributed by atoms with van der Waals surface area (Å²) in [5.41, 5.74) is 1.95. The van der Waals surface area contributed by atoms with E-state index in [1.165, 1.54) is 0 Å². The lowest BCUT2D eigenvalue weighted by atomic mass is 9.67. The molecule has 1 aromatic carbocycles. The molecule has 248 valence electrons. The normalized spacial score (nSPS) is 29.6. The molecule has 4 fully saturated rings. The van der Waals surface area contributed by atoms with Gasteiger partial charge in [-0.15, -0.1) is 0 Å². The van der Waals surface area contributed by atoms with Crippen LogP contribution in [0, 0.1) is 11.2 Å². The van der Waals surface area contributed by atoms with Gasteiger partial charge in [-0.05, 0) is 63.1 Å². The Kier molecular flexibility index (Phi) is 7.29. The van der Waals surface area contributed by atoms with Crippen LogP contribution in [0.15, 0.2) is 18.5 Å². The van der Waals surface area contributed by atoms with Crippen LogP contribution >= 0.6 is 11.6 Å². The van der Waals surface area contributed by atoms with Gasteiger partial charge in [0.15, 0.2) is 5.82 Å². The predicted octanol–water partition coefficient (Wildman–Crippen LogP) is 5.65. The van der Waals surface area contributed by atoms with E-state index in [4.69, 9.17) is 40.8 Å². The zero-order chi connectivity index (χ0) is 31.8. The number of fused-ring (bicyclic) bond motifs is 2. The molecule has 4 aromatic rings. The largest absolute Gasteiger partial charge is 0.461 e. The van der Waals surface area contributed by atoms with E-state index in [1.54, 1.807) is 12.4 Å². The number of nitrogens with zero attached hydrogens (tertiary/aromatic N) is 6. The fourth-order valence-corrected chi connectivity index (χ4v) is 9.16. The average molecular weight is 666 g/mol. The number of hydrogen-bond donors (Lipinski definition) is 1. The van der Waals surface area contributed by atoms with Crippen molar-refractivity contribution in [1.82, 2.24) is 30.0 Å². The van der Waals surface area contributed by atoms with Gasteiger partial charge in [0.05, 0.1) is 42.0 Å². The number of aromatic amines is 1. The Bertz CT molecular complexity index is 1850. The summed E-state index contributed by atoms with van der Waals surface area (Å²) in [4.78, 5) is 18.8. The summed E-state index contributed by atoms with van der Waals surface area (Å²) in [6.07, 6.45) is 9.02. The van der Waals surface area contributed by atoms with Crippen molar-refractivity contribution in [2.24, 2.45) is 5.41 Å². The van der Waals surface area contributed by atoms with E-state index in [1.807, 2.05) is 6.07 Å². The first-order chi connectivity index (χ1) is 22.9. The molecule has 3 saturated heterocycles. The monoisotopic (exact) mass is 665 g/mol. The number of nitrogens with one attached hydrogen (secondary N) is 1. The Hall–Kier alpha value is -3.19. The van der Waals surface area contributed by atoms with Crippen LogP contribution in [0.4, 0.5) is 14.6 Å². The second kappa shape index (κ2) is 11.5. The number of rotatable bonds is 3. The minimum Gasteiger partial charge on any atom is -0.461 e. The highest BCUT2D eigenvalue weighted by Crippen LogP contribution is 2.47. The lowest BCUT2D eigenvalue weighted by molar-refractivity contribution is -0.103. The first-order valence-electron chi connectivity index (χ1n) is 16.9. The molecule has 0 unspecified atom stereocenters. The number of H-pyrrole nitrogens is 1. The molecule has 1 aliphatic carbocycles. The first kappa shape index (κ1) is 29.9. The Morgan fingerprint density at radius 1 is 1.09 bits per heavy atom. The molecule has 7 aliphatic rings. The minimum absolute atomic E-state index is 0.0822. The van der Waals surface area contributed by atoms with Crippen molar-refractivity contribution >= 4 is 39.2 Å². The maximum atomic E-state index is 17.1. The molecule has 1 N–H and O–H groups in total. The third kappa shape index (κ3) is 5.05. The SMILES string of the molecule is Fc1c2ncc3c(nc(OC[C@@]45CCCN4C[C@H](F)C5)nc13)N1CCOCC3(CC(C3)OCCCCc3c(Cl)cc4[nH]ncc4c3-2)C1. The number of ether oxygens (including phenoxy) is 3. The molecule has 0 amide bonds. The zero-order valence-electron chi connectivity index (χ0n) is 26.2. The molecule has 1 saturated carbocycles. The van der Waals surface area contributed by atoms with Gasteiger partial charge >= 0.3 is 6.01 Å². The van der Waals surface area contributed by atoms with Gasteiger partial charge in [0.2, 0.25) is 0 Å². The van der Waals surface area contributed by atoms with Gasteiger partial charge in [-0.2, -0.15) is 15.1 Å². The highest BCUT2D eigenvalue weighted by Gasteiger charge is 2.50. The Labute approximate surface area is 276 Å². The quantitative estimate of drug-likeness (QED) is 0.297. The predicted molar refractivity (Wildman–Crippen MR) is 173 cm³/mol. The van der Waals surface area contributed by atoms with Crippen molar-refractivity contribution in [3.8, 4) is 17.3 Å². The van der Waals surface area contributed by atoms with Gasteiger partial charge < -0.3 is 19.1 Å². The summed E-state index contributed by atoms with van der Waals surface area (Å²) in [5, 5.41) is 9.00. The second-order valence-electron chi connectivity index (χ2n) is 14.3. The van der Waals surface area contributed by atoms with E-state index in [2.05, 4.69) is 20.0 Å². The Morgan fingerprint density at radius 2 is 2.00 bits per heavy atom. The highest BCUT2D eigenvalue weighted by atomic mass is 35.5. The summed E-state index contributed by atoms with van der Waals surface area (Å²) in [6, 6.07) is 1.93. The van der Waals surface area contributed by atoms with Crippen LogP contribution in [0.1, 0.15) is 50.5 Å². The summed E-state index contributed by atoms with van der Waals surface area (Å²) < 4.78 is 50.5. The van der Waals surface area contributed by atoms with E-state index in [0.717, 1.165) is 56.0 Å². The summed E-state index contributed by atoms with van der Waals surface area (Å²) in [6.45, 7) is 4.60. The van der Waals surface area contributed by atoms with Crippen molar-refractivity contribution in [2.75, 3.05) is 57.5 Å². The number of halogens is 3. The van der Waals surface area contributed by atoms with Crippen molar-refractivity contribution in [2.45, 2.75) is 69.2 Å². The second-order valence-corrected chi connectivity index (χ2v) is 14.7. The van der Waals surface area contributed by atoms with Crippen LogP contribution < -0.4 is 9.64 Å². The van der Waals surface area contributed by atoms with Crippen molar-refractivity contribution in [1.29, 1.82) is 0 Å². The molecule has 13 heteroatoms. The molecule has 3 aromatic heterocycles. The standard InChI is InChI=1S/C34H38ClF2N7O3/c35-25-10-26-23(15-39-42-26)27-22(25)4-1-2-8-46-21-12-33(13-21)17-43(7-9-45-18-33)31-24-14-38-30(27)28(37)29(24)40-32(41-31)47-19-34-5-3-6-44(34)16-20(36)11-34/h10,14-15,20-21H,1-9,11-13,16-19H2,(H,39,42)/t20-,21?,33?,34+/m1/s1. The van der Waals surface area contributed by atoms with Gasteiger partial charge in [0.1, 0.15) is 29.8 Å². The molecule has 10 nitrogen and oxygen atoms in total. The maximum absolute atomic E-state index is 17.1. The molecule has 7 bridgehead atoms. The fraction of sp³-hybridized carbons (Fsp3) is 0.588. The van der Waals surface area contributed by atoms with Crippen LogP contribution in [0.25, 0.3) is 33.1 Å². The molecule has 9 heterocycles. The summed E-state index contributed by atoms with van der Waals surface area (Å²) >= 11 is 6.87. The van der Waals surface area contributed by atoms with Gasteiger partial charge in [-0.1, -0.05) is 11.6 Å². The topological polar surface area (TPSA) is 102 Å². The van der Waals surface area contributed by atoms with E-state index in [0.29, 0.717) is 79.6 Å². The van der Waals surface area contributed by atoms with Gasteiger partial charge in [-0.25, -0.2) is 8.78 Å². The van der Waals surface area contributed by atoms with E-state index in [9.17, 15) is 4.39 Å². The molecule has 6 aliphatic heterocycles. The van der Waals surface area contributed by atoms with E-state index < -0.39 is 17.5 Å². The molecule has 47 heavy (non-hydrogen) atoms. The average Bonchev–Trinajstić information content (AvgIpc) is 3.69. The number of anilines is 1. The number of aromatic nitrogens is 5. The minimum atomic E-state index is -0.885. The summed E-state index contributed by atoms with van der Waals surface area (Å²) in [5.74, 6) is 0.00126. The number of pyridine rings is 1. The fourth-order valence-electron chi connectivity index (χ4n) is 8.86. The molecule has 0 radical (unpaired) electrons. The van der Waals surface area contributed by atoms with E-state index >= 15 is 4.39 Å². The van der Waals surface area contributed by atoms with Crippen molar-refractivity contribution < 1.29 is 23.0 Å². The van der Waals surface area contributed by atoms with Crippen LogP contribution in [0.2, 0.25) is 5.02 Å². The maximum Gasteiger partial charge on any atom is 0.319 e. The molecule has 11 rings (SSSR count). The van der Waals surface area contributed by atoms with Crippen molar-refractivity contribution in [3.63, 3.8) is 0 Å². The third-order valence-corrected chi connectivity index (χ3v) is 11.5. The van der Waals surface area contributed by atoms with E-state index in [-0.39, 0.29) is 35.3 Å². The lowest BCUT2D eigenvalue weighted by Gasteiger charge is -2.48. The first-order valence-corrected chi connectivity index (χ1v) is 17.3.